The van der Waals surface area contributed by atoms with Crippen molar-refractivity contribution in [2.24, 2.45) is 17.8 Å². The number of fused-ring (bicyclic) bond motifs is 1. The second-order valence-corrected chi connectivity index (χ2v) is 10.5. The van der Waals surface area contributed by atoms with Crippen LogP contribution in [0.15, 0.2) is 18.2 Å². The molecule has 32 heavy (non-hydrogen) atoms. The van der Waals surface area contributed by atoms with Crippen LogP contribution in [-0.4, -0.2) is 67.4 Å². The van der Waals surface area contributed by atoms with Gasteiger partial charge >= 0.3 is 6.09 Å². The molecule has 3 aliphatic heterocycles. The molecule has 3 saturated heterocycles. The van der Waals surface area contributed by atoms with Gasteiger partial charge in [-0.3, -0.25) is 9.29 Å². The van der Waals surface area contributed by atoms with E-state index in [0.717, 1.165) is 62.9 Å². The van der Waals surface area contributed by atoms with Crippen molar-refractivity contribution in [1.29, 1.82) is 0 Å². The molecule has 3 aliphatic rings. The summed E-state index contributed by atoms with van der Waals surface area (Å²) in [6, 6.07) is 6.08. The second-order valence-electron chi connectivity index (χ2n) is 10.1. The van der Waals surface area contributed by atoms with E-state index in [1.807, 2.05) is 51.7 Å². The highest BCUT2D eigenvalue weighted by Crippen LogP contribution is 2.37. The third-order valence-corrected chi connectivity index (χ3v) is 6.80. The molecular weight excluding hydrogens is 429 g/mol. The van der Waals surface area contributed by atoms with E-state index in [0.29, 0.717) is 11.8 Å². The molecule has 0 aromatic heterocycles. The predicted octanol–water partition coefficient (Wildman–Crippen LogP) is 5.46. The van der Waals surface area contributed by atoms with Gasteiger partial charge in [0.2, 0.25) is 0 Å². The summed E-state index contributed by atoms with van der Waals surface area (Å²) in [4.78, 5) is 19.0. The number of para-hydroxylation sites is 1. The van der Waals surface area contributed by atoms with Crippen LogP contribution in [0.1, 0.15) is 46.6 Å². The fraction of sp³-hybridized carbons (Fsp3) is 0.720. The van der Waals surface area contributed by atoms with Crippen molar-refractivity contribution in [2.45, 2.75) is 53.2 Å². The van der Waals surface area contributed by atoms with Crippen LogP contribution in [0.3, 0.4) is 0 Å². The van der Waals surface area contributed by atoms with E-state index >= 15 is 0 Å². The molecule has 1 aromatic rings. The smallest absolute Gasteiger partial charge is 0.410 e. The van der Waals surface area contributed by atoms with Gasteiger partial charge in [-0.05, 0) is 50.7 Å². The number of hydrogen-bond acceptors (Lipinski definition) is 4. The summed E-state index contributed by atoms with van der Waals surface area (Å²) in [5.74, 6) is 1.09. The van der Waals surface area contributed by atoms with E-state index in [9.17, 15) is 9.18 Å². The van der Waals surface area contributed by atoms with Crippen molar-refractivity contribution in [1.82, 2.24) is 9.80 Å². The molecule has 7 heteroatoms. The minimum Gasteiger partial charge on any atom is -0.444 e. The number of likely N-dealkylation sites (tertiary alicyclic amines) is 2. The Bertz CT molecular complexity index is 771. The SMILES string of the molecule is CC.CC(C)(C)OC(=O)N1CC2CN(Cc3cccc(Cl)c3N3CCC(CF)C3)CC2C1. The molecule has 0 radical (unpaired) electrons. The fourth-order valence-electron chi connectivity index (χ4n) is 5.14. The summed E-state index contributed by atoms with van der Waals surface area (Å²) in [5, 5.41) is 0.752. The highest BCUT2D eigenvalue weighted by Gasteiger charge is 2.42. The van der Waals surface area contributed by atoms with Crippen molar-refractivity contribution in [3.05, 3.63) is 28.8 Å². The summed E-state index contributed by atoms with van der Waals surface area (Å²) >= 11 is 6.58. The Hall–Kier alpha value is -1.53. The molecule has 1 aromatic carbocycles. The maximum Gasteiger partial charge on any atom is 0.410 e. The molecule has 1 amide bonds. The lowest BCUT2D eigenvalue weighted by molar-refractivity contribution is 0.0274. The molecule has 0 spiro atoms. The van der Waals surface area contributed by atoms with E-state index in [1.165, 1.54) is 5.56 Å². The number of ether oxygens (including phenoxy) is 1. The van der Waals surface area contributed by atoms with E-state index in [4.69, 9.17) is 16.3 Å². The summed E-state index contributed by atoms with van der Waals surface area (Å²) in [6.07, 6.45) is 0.687. The van der Waals surface area contributed by atoms with Gasteiger partial charge in [-0.2, -0.15) is 0 Å². The van der Waals surface area contributed by atoms with Crippen LogP contribution < -0.4 is 4.90 Å². The summed E-state index contributed by atoms with van der Waals surface area (Å²) < 4.78 is 18.7. The fourth-order valence-corrected chi connectivity index (χ4v) is 5.45. The minimum atomic E-state index is -0.458. The average molecular weight is 468 g/mol. The standard InChI is InChI=1S/C23H33ClFN3O2.C2H6/c1-23(2,3)30-22(29)28-14-18-12-26(13-19(18)15-28)11-17-5-4-6-20(24)21(17)27-8-7-16(9-25)10-27;1-2/h4-6,16,18-19H,7-15H2,1-3H3;1-2H3. The lowest BCUT2D eigenvalue weighted by Crippen LogP contribution is -2.37. The van der Waals surface area contributed by atoms with Gasteiger partial charge in [-0.1, -0.05) is 37.6 Å². The second kappa shape index (κ2) is 10.6. The topological polar surface area (TPSA) is 36.0 Å². The van der Waals surface area contributed by atoms with Crippen LogP contribution in [0, 0.1) is 17.8 Å². The molecule has 3 heterocycles. The number of amides is 1. The number of carbonyl (C=O) groups excluding carboxylic acids is 1. The first kappa shape index (κ1) is 25.1. The quantitative estimate of drug-likeness (QED) is 0.589. The summed E-state index contributed by atoms with van der Waals surface area (Å²) in [5.41, 5.74) is 1.83. The van der Waals surface area contributed by atoms with Crippen LogP contribution in [-0.2, 0) is 11.3 Å². The number of alkyl halides is 1. The maximum absolute atomic E-state index is 13.1. The molecule has 180 valence electrons. The zero-order valence-electron chi connectivity index (χ0n) is 20.2. The Morgan fingerprint density at radius 3 is 2.34 bits per heavy atom. The van der Waals surface area contributed by atoms with Gasteiger partial charge in [-0.15, -0.1) is 0 Å². The number of anilines is 1. The van der Waals surface area contributed by atoms with Gasteiger partial charge in [-0.25, -0.2) is 4.79 Å². The monoisotopic (exact) mass is 467 g/mol. The van der Waals surface area contributed by atoms with Gasteiger partial charge in [0.05, 0.1) is 17.4 Å². The highest BCUT2D eigenvalue weighted by molar-refractivity contribution is 6.33. The molecule has 4 rings (SSSR count). The zero-order valence-corrected chi connectivity index (χ0v) is 21.0. The Morgan fingerprint density at radius 1 is 1.12 bits per heavy atom. The van der Waals surface area contributed by atoms with E-state index in [-0.39, 0.29) is 18.7 Å². The van der Waals surface area contributed by atoms with E-state index in [1.54, 1.807) is 0 Å². The van der Waals surface area contributed by atoms with E-state index in [2.05, 4.69) is 15.9 Å². The molecular formula is C25H39ClFN3O2. The van der Waals surface area contributed by atoms with Gasteiger partial charge < -0.3 is 14.5 Å². The highest BCUT2D eigenvalue weighted by atomic mass is 35.5. The average Bonchev–Trinajstić information content (AvgIpc) is 3.43. The van der Waals surface area contributed by atoms with Gasteiger partial charge in [0.25, 0.3) is 0 Å². The number of rotatable bonds is 4. The lowest BCUT2D eigenvalue weighted by Gasteiger charge is -2.27. The van der Waals surface area contributed by atoms with Crippen LogP contribution >= 0.6 is 11.6 Å². The summed E-state index contributed by atoms with van der Waals surface area (Å²) in [7, 11) is 0. The maximum atomic E-state index is 13.1. The van der Waals surface area contributed by atoms with Crippen LogP contribution in [0.2, 0.25) is 5.02 Å². The Kier molecular flexibility index (Phi) is 8.31. The van der Waals surface area contributed by atoms with Crippen LogP contribution in [0.5, 0.6) is 0 Å². The van der Waals surface area contributed by atoms with E-state index < -0.39 is 5.60 Å². The van der Waals surface area contributed by atoms with Crippen molar-refractivity contribution < 1.29 is 13.9 Å². The molecule has 0 saturated carbocycles. The molecule has 5 nitrogen and oxygen atoms in total. The zero-order chi connectivity index (χ0) is 23.5. The van der Waals surface area contributed by atoms with Crippen molar-refractivity contribution in [3.8, 4) is 0 Å². The molecule has 3 atom stereocenters. The van der Waals surface area contributed by atoms with Gasteiger partial charge in [0, 0.05) is 51.7 Å². The molecule has 0 N–H and O–H groups in total. The third kappa shape index (κ3) is 5.88. The summed E-state index contributed by atoms with van der Waals surface area (Å²) in [6.45, 7) is 15.4. The third-order valence-electron chi connectivity index (χ3n) is 6.50. The van der Waals surface area contributed by atoms with Gasteiger partial charge in [0.1, 0.15) is 5.60 Å². The van der Waals surface area contributed by atoms with Crippen LogP contribution in [0.25, 0.3) is 0 Å². The number of hydrogen-bond donors (Lipinski definition) is 0. The predicted molar refractivity (Wildman–Crippen MR) is 129 cm³/mol. The first-order valence-electron chi connectivity index (χ1n) is 12.0. The first-order valence-corrected chi connectivity index (χ1v) is 12.4. The van der Waals surface area contributed by atoms with Crippen molar-refractivity contribution in [3.63, 3.8) is 0 Å². The number of carbonyl (C=O) groups is 1. The molecule has 0 bridgehead atoms. The van der Waals surface area contributed by atoms with Crippen molar-refractivity contribution >= 4 is 23.4 Å². The Morgan fingerprint density at radius 2 is 1.78 bits per heavy atom. The number of benzene rings is 1. The van der Waals surface area contributed by atoms with Crippen molar-refractivity contribution in [2.75, 3.05) is 50.8 Å². The number of halogens is 2. The number of nitrogens with zero attached hydrogens (tertiary/aromatic N) is 3. The largest absolute Gasteiger partial charge is 0.444 e. The Labute approximate surface area is 197 Å². The molecule has 0 aliphatic carbocycles. The first-order chi connectivity index (χ1) is 15.2. The molecule has 3 fully saturated rings. The Balaban J connectivity index is 0.00000141. The molecule has 3 unspecified atom stereocenters. The van der Waals surface area contributed by atoms with Crippen LogP contribution in [0.4, 0.5) is 14.9 Å². The minimum absolute atomic E-state index is 0.110. The normalized spacial score (nSPS) is 25.5. The lowest BCUT2D eigenvalue weighted by atomic mass is 10.0. The van der Waals surface area contributed by atoms with Gasteiger partial charge in [0.15, 0.2) is 0 Å².